The molecule has 0 fully saturated rings. The van der Waals surface area contributed by atoms with Crippen LogP contribution in [0.4, 0.5) is 11.4 Å². The number of carbonyl (C=O) groups is 1. The molecule has 4 aromatic rings. The number of aromatic nitrogens is 1. The van der Waals surface area contributed by atoms with Gasteiger partial charge in [-0.15, -0.1) is 11.3 Å². The molecule has 0 spiro atoms. The average molecular weight is 455 g/mol. The van der Waals surface area contributed by atoms with Crippen LogP contribution in [0.2, 0.25) is 0 Å². The number of fused-ring (bicyclic) bond motifs is 1. The van der Waals surface area contributed by atoms with E-state index < -0.39 is 0 Å². The minimum Gasteiger partial charge on any atom is -0.482 e. The van der Waals surface area contributed by atoms with Crippen molar-refractivity contribution in [3.8, 4) is 17.0 Å². The normalized spacial score (nSPS) is 13.6. The van der Waals surface area contributed by atoms with Gasteiger partial charge in [0.25, 0.3) is 5.91 Å². The summed E-state index contributed by atoms with van der Waals surface area (Å²) in [5.74, 6) is 0.499. The zero-order chi connectivity index (χ0) is 22.8. The molecule has 164 valence electrons. The van der Waals surface area contributed by atoms with E-state index in [9.17, 15) is 4.79 Å². The molecule has 1 aromatic heterocycles. The summed E-state index contributed by atoms with van der Waals surface area (Å²) in [6.07, 6.45) is 1.83. The molecule has 0 saturated heterocycles. The number of nitrogens with zero attached hydrogens (tertiary/aromatic N) is 3. The van der Waals surface area contributed by atoms with Crippen LogP contribution in [0.1, 0.15) is 16.7 Å². The van der Waals surface area contributed by atoms with Crippen molar-refractivity contribution in [3.05, 3.63) is 93.6 Å². The molecule has 0 saturated carbocycles. The highest BCUT2D eigenvalue weighted by molar-refractivity contribution is 7.07. The first-order chi connectivity index (χ1) is 16.1. The SMILES string of the molecule is Cc1ccc(/C=N/n2c(-c3ccc4c(c3)NC(=O)CO4)csc2=Nc2ccccc2C)cc1. The Kier molecular flexibility index (Phi) is 5.62. The van der Waals surface area contributed by atoms with E-state index >= 15 is 0 Å². The van der Waals surface area contributed by atoms with Crippen LogP contribution in [0.5, 0.6) is 5.75 Å². The minimum absolute atomic E-state index is 0.0328. The highest BCUT2D eigenvalue weighted by atomic mass is 32.1. The predicted octanol–water partition coefficient (Wildman–Crippen LogP) is 5.28. The van der Waals surface area contributed by atoms with Crippen molar-refractivity contribution < 1.29 is 9.53 Å². The number of benzene rings is 3. The molecule has 0 radical (unpaired) electrons. The third-order valence-corrected chi connectivity index (χ3v) is 6.14. The number of amides is 1. The Hall–Kier alpha value is -3.97. The van der Waals surface area contributed by atoms with E-state index in [0.29, 0.717) is 11.4 Å². The maximum Gasteiger partial charge on any atom is 0.262 e. The molecular weight excluding hydrogens is 432 g/mol. The molecule has 0 atom stereocenters. The number of carbonyl (C=O) groups excluding carboxylic acids is 1. The monoisotopic (exact) mass is 454 g/mol. The van der Waals surface area contributed by atoms with Crippen LogP contribution in [0.25, 0.3) is 11.3 Å². The molecule has 2 heterocycles. The zero-order valence-corrected chi connectivity index (χ0v) is 19.1. The fraction of sp³-hybridized carbons (Fsp3) is 0.115. The summed E-state index contributed by atoms with van der Waals surface area (Å²) < 4.78 is 7.34. The van der Waals surface area contributed by atoms with Crippen molar-refractivity contribution in [3.63, 3.8) is 0 Å². The minimum atomic E-state index is -0.162. The van der Waals surface area contributed by atoms with Crippen LogP contribution >= 0.6 is 11.3 Å². The summed E-state index contributed by atoms with van der Waals surface area (Å²) in [5.41, 5.74) is 6.62. The second-order valence-electron chi connectivity index (χ2n) is 7.82. The summed E-state index contributed by atoms with van der Waals surface area (Å²) in [5, 5.41) is 9.68. The molecule has 1 aliphatic heterocycles. The molecule has 33 heavy (non-hydrogen) atoms. The second-order valence-corrected chi connectivity index (χ2v) is 8.65. The van der Waals surface area contributed by atoms with Crippen LogP contribution in [0, 0.1) is 13.8 Å². The summed E-state index contributed by atoms with van der Waals surface area (Å²) >= 11 is 1.51. The molecule has 0 bridgehead atoms. The van der Waals surface area contributed by atoms with E-state index in [0.717, 1.165) is 32.9 Å². The number of ether oxygens (including phenoxy) is 1. The fourth-order valence-corrected chi connectivity index (χ4v) is 4.35. The lowest BCUT2D eigenvalue weighted by Gasteiger charge is -2.18. The number of aryl methyl sites for hydroxylation is 2. The smallest absolute Gasteiger partial charge is 0.262 e. The number of anilines is 1. The number of rotatable bonds is 4. The van der Waals surface area contributed by atoms with Crippen LogP contribution in [0.15, 0.2) is 82.2 Å². The lowest BCUT2D eigenvalue weighted by atomic mass is 10.1. The van der Waals surface area contributed by atoms with Gasteiger partial charge in [0, 0.05) is 10.9 Å². The van der Waals surface area contributed by atoms with E-state index in [2.05, 4.69) is 24.4 Å². The van der Waals surface area contributed by atoms with Gasteiger partial charge in [0.15, 0.2) is 6.61 Å². The molecule has 1 aliphatic rings. The zero-order valence-electron chi connectivity index (χ0n) is 18.3. The van der Waals surface area contributed by atoms with Crippen molar-refractivity contribution in [2.24, 2.45) is 10.1 Å². The van der Waals surface area contributed by atoms with Crippen molar-refractivity contribution in [1.82, 2.24) is 4.68 Å². The second kappa shape index (κ2) is 8.88. The Morgan fingerprint density at radius 2 is 1.88 bits per heavy atom. The molecule has 1 amide bonds. The average Bonchev–Trinajstić information content (AvgIpc) is 3.22. The quantitative estimate of drug-likeness (QED) is 0.426. The molecular formula is C26H22N4O2S. The highest BCUT2D eigenvalue weighted by Crippen LogP contribution is 2.33. The fourth-order valence-electron chi connectivity index (χ4n) is 3.50. The Labute approximate surface area is 195 Å². The number of thiazole rings is 1. The first kappa shape index (κ1) is 20.9. The van der Waals surface area contributed by atoms with Gasteiger partial charge in [-0.3, -0.25) is 4.79 Å². The van der Waals surface area contributed by atoms with Gasteiger partial charge in [0.1, 0.15) is 5.75 Å². The first-order valence-corrected chi connectivity index (χ1v) is 11.4. The summed E-state index contributed by atoms with van der Waals surface area (Å²) in [4.78, 5) is 17.4. The topological polar surface area (TPSA) is 68.0 Å². The third kappa shape index (κ3) is 4.49. The van der Waals surface area contributed by atoms with Gasteiger partial charge in [-0.05, 0) is 49.2 Å². The first-order valence-electron chi connectivity index (χ1n) is 10.6. The standard InChI is InChI=1S/C26H22N4O2S/c1-17-7-9-19(10-8-17)14-27-30-23(16-33-26(30)29-21-6-4-3-5-18(21)2)20-11-12-24-22(13-20)28-25(31)15-32-24/h3-14,16H,15H2,1-2H3,(H,28,31)/b27-14+,29-26?. The van der Waals surface area contributed by atoms with Gasteiger partial charge in [-0.1, -0.05) is 48.0 Å². The van der Waals surface area contributed by atoms with Gasteiger partial charge in [0.2, 0.25) is 4.80 Å². The number of hydrogen-bond donors (Lipinski definition) is 1. The van der Waals surface area contributed by atoms with Crippen molar-refractivity contribution in [1.29, 1.82) is 0 Å². The van der Waals surface area contributed by atoms with Crippen LogP contribution in [-0.2, 0) is 4.79 Å². The largest absolute Gasteiger partial charge is 0.482 e. The maximum atomic E-state index is 11.8. The van der Waals surface area contributed by atoms with Crippen LogP contribution in [0.3, 0.4) is 0 Å². The van der Waals surface area contributed by atoms with E-state index in [1.165, 1.54) is 16.9 Å². The number of hydrogen-bond acceptors (Lipinski definition) is 5. The van der Waals surface area contributed by atoms with E-state index in [4.69, 9.17) is 14.8 Å². The van der Waals surface area contributed by atoms with Crippen molar-refractivity contribution >= 4 is 34.8 Å². The van der Waals surface area contributed by atoms with Gasteiger partial charge in [-0.2, -0.15) is 5.10 Å². The molecule has 0 unspecified atom stereocenters. The Balaban J connectivity index is 1.63. The Morgan fingerprint density at radius 1 is 1.06 bits per heavy atom. The van der Waals surface area contributed by atoms with Gasteiger partial charge in [-0.25, -0.2) is 9.67 Å². The summed E-state index contributed by atoms with van der Waals surface area (Å²) in [6, 6.07) is 22.0. The lowest BCUT2D eigenvalue weighted by molar-refractivity contribution is -0.118. The molecule has 0 aliphatic carbocycles. The molecule has 6 nitrogen and oxygen atoms in total. The van der Waals surface area contributed by atoms with Crippen molar-refractivity contribution in [2.75, 3.05) is 11.9 Å². The van der Waals surface area contributed by atoms with Crippen molar-refractivity contribution in [2.45, 2.75) is 13.8 Å². The summed E-state index contributed by atoms with van der Waals surface area (Å²) in [6.45, 7) is 4.13. The molecule has 1 N–H and O–H groups in total. The van der Waals surface area contributed by atoms with E-state index in [1.54, 1.807) is 0 Å². The maximum absolute atomic E-state index is 11.8. The summed E-state index contributed by atoms with van der Waals surface area (Å²) in [7, 11) is 0. The highest BCUT2D eigenvalue weighted by Gasteiger charge is 2.18. The molecule has 7 heteroatoms. The predicted molar refractivity (Wildman–Crippen MR) is 132 cm³/mol. The Bertz CT molecular complexity index is 1430. The lowest BCUT2D eigenvalue weighted by Crippen LogP contribution is -2.25. The van der Waals surface area contributed by atoms with Crippen LogP contribution in [-0.4, -0.2) is 23.4 Å². The number of nitrogens with one attached hydrogen (secondary N) is 1. The Morgan fingerprint density at radius 3 is 2.70 bits per heavy atom. The third-order valence-electron chi connectivity index (χ3n) is 5.32. The van der Waals surface area contributed by atoms with E-state index in [1.807, 2.05) is 77.8 Å². The molecule has 5 rings (SSSR count). The molecule has 3 aromatic carbocycles. The van der Waals surface area contributed by atoms with Gasteiger partial charge >= 0.3 is 0 Å². The van der Waals surface area contributed by atoms with Gasteiger partial charge < -0.3 is 10.1 Å². The van der Waals surface area contributed by atoms with Crippen LogP contribution < -0.4 is 14.9 Å². The van der Waals surface area contributed by atoms with E-state index in [-0.39, 0.29) is 12.5 Å². The number of para-hydroxylation sites is 1. The van der Waals surface area contributed by atoms with Gasteiger partial charge in [0.05, 0.1) is 23.3 Å².